The molecule has 2 aromatic carbocycles. The van der Waals surface area contributed by atoms with E-state index in [4.69, 9.17) is 27.9 Å². The van der Waals surface area contributed by atoms with Crippen molar-refractivity contribution in [1.29, 1.82) is 0 Å². The van der Waals surface area contributed by atoms with E-state index in [-0.39, 0.29) is 39.3 Å². The highest BCUT2D eigenvalue weighted by molar-refractivity contribution is 6.31. The number of nitrogens with zero attached hydrogens (tertiary/aromatic N) is 2. The van der Waals surface area contributed by atoms with Gasteiger partial charge in [0.1, 0.15) is 23.2 Å². The number of ether oxygens (including phenoxy) is 1. The third-order valence-electron chi connectivity index (χ3n) is 6.04. The van der Waals surface area contributed by atoms with Gasteiger partial charge in [-0.2, -0.15) is 0 Å². The van der Waals surface area contributed by atoms with Gasteiger partial charge in [0.05, 0.1) is 22.3 Å². The van der Waals surface area contributed by atoms with Crippen LogP contribution in [0.4, 0.5) is 8.78 Å². The van der Waals surface area contributed by atoms with Crippen LogP contribution < -0.4 is 10.1 Å². The molecule has 0 atom stereocenters. The second-order valence-corrected chi connectivity index (χ2v) is 9.15. The van der Waals surface area contributed by atoms with Crippen LogP contribution in [-0.2, 0) is 4.79 Å². The lowest BCUT2D eigenvalue weighted by Gasteiger charge is -2.69. The van der Waals surface area contributed by atoms with Crippen LogP contribution in [0, 0.1) is 17.0 Å². The quantitative estimate of drug-likeness (QED) is 0.680. The molecule has 1 amide bonds. The molecule has 9 heteroatoms. The lowest BCUT2D eigenvalue weighted by molar-refractivity contribution is -0.143. The predicted molar refractivity (Wildman–Crippen MR) is 114 cm³/mol. The van der Waals surface area contributed by atoms with Gasteiger partial charge in [-0.15, -0.1) is 0 Å². The summed E-state index contributed by atoms with van der Waals surface area (Å²) < 4.78 is 32.5. The number of hydrogen-bond acceptors (Lipinski definition) is 4. The Kier molecular flexibility index (Phi) is 4.79. The van der Waals surface area contributed by atoms with Gasteiger partial charge in [0, 0.05) is 22.6 Å². The molecule has 4 aliphatic rings. The van der Waals surface area contributed by atoms with Crippen LogP contribution in [0.15, 0.2) is 46.4 Å². The van der Waals surface area contributed by atoms with Crippen LogP contribution in [0.25, 0.3) is 0 Å². The number of carbonyl (C=O) groups excluding carboxylic acids is 1. The molecule has 0 aromatic heterocycles. The summed E-state index contributed by atoms with van der Waals surface area (Å²) in [7, 11) is 0. The third kappa shape index (κ3) is 3.59. The summed E-state index contributed by atoms with van der Waals surface area (Å²) in [6.07, 6.45) is 2.27. The Labute approximate surface area is 187 Å². The molecule has 0 saturated heterocycles. The summed E-state index contributed by atoms with van der Waals surface area (Å²) >= 11 is 11.4. The topological polar surface area (TPSA) is 63.0 Å². The number of hydrogen-bond donors (Lipinski definition) is 1. The smallest absolute Gasteiger partial charge is 0.258 e. The van der Waals surface area contributed by atoms with E-state index in [2.05, 4.69) is 15.3 Å². The molecule has 6 rings (SSSR count). The number of nitrogens with one attached hydrogen (secondary N) is 1. The zero-order valence-electron chi connectivity index (χ0n) is 16.2. The third-order valence-corrected chi connectivity index (χ3v) is 6.66. The van der Waals surface area contributed by atoms with E-state index in [1.807, 2.05) is 0 Å². The summed E-state index contributed by atoms with van der Waals surface area (Å²) in [5.74, 6) is -0.336. The van der Waals surface area contributed by atoms with E-state index in [9.17, 15) is 13.6 Å². The minimum absolute atomic E-state index is 0.00203. The van der Waals surface area contributed by atoms with Crippen molar-refractivity contribution >= 4 is 40.7 Å². The van der Waals surface area contributed by atoms with Crippen molar-refractivity contribution in [2.75, 3.05) is 13.2 Å². The molecule has 0 radical (unpaired) electrons. The van der Waals surface area contributed by atoms with Gasteiger partial charge in [0.2, 0.25) is 0 Å². The lowest BCUT2D eigenvalue weighted by Crippen LogP contribution is -2.77. The Hall–Kier alpha value is -2.51. The van der Waals surface area contributed by atoms with Gasteiger partial charge < -0.3 is 10.1 Å². The van der Waals surface area contributed by atoms with Crippen LogP contribution in [0.5, 0.6) is 5.75 Å². The van der Waals surface area contributed by atoms with E-state index in [1.165, 1.54) is 24.3 Å². The van der Waals surface area contributed by atoms with E-state index < -0.39 is 11.6 Å². The standard InChI is InChI=1S/C22H17Cl2F2N3O2/c23-14-3-1-12(5-16(14)25)18-7-27-20(28-18)21-9-22(10-21,11-21)29-19(30)8-31-13-2-4-15(24)17(26)6-13/h1-6H,7-11H2,(H,29,30). The maximum Gasteiger partial charge on any atom is 0.258 e. The van der Waals surface area contributed by atoms with Crippen molar-refractivity contribution < 1.29 is 18.3 Å². The van der Waals surface area contributed by atoms with Gasteiger partial charge in [0.25, 0.3) is 5.91 Å². The average molecular weight is 464 g/mol. The first-order valence-corrected chi connectivity index (χ1v) is 10.5. The van der Waals surface area contributed by atoms with Crippen LogP contribution in [-0.4, -0.2) is 36.1 Å². The summed E-state index contributed by atoms with van der Waals surface area (Å²) in [6.45, 7) is 0.199. The largest absolute Gasteiger partial charge is 0.484 e. The molecule has 3 fully saturated rings. The molecule has 2 aromatic rings. The Bertz CT molecular complexity index is 1150. The first-order chi connectivity index (χ1) is 14.8. The molecule has 0 unspecified atom stereocenters. The molecule has 3 saturated carbocycles. The Morgan fingerprint density at radius 2 is 1.74 bits per heavy atom. The molecule has 0 spiro atoms. The second-order valence-electron chi connectivity index (χ2n) is 8.33. The SMILES string of the molecule is O=C(COc1ccc(Cl)c(F)c1)NC12CC(C3=NCC(c4ccc(Cl)c(F)c4)=N3)(C1)C2. The van der Waals surface area contributed by atoms with Gasteiger partial charge in [-0.1, -0.05) is 29.3 Å². The highest BCUT2D eigenvalue weighted by Gasteiger charge is 2.71. The molecule has 5 nitrogen and oxygen atoms in total. The summed E-state index contributed by atoms with van der Waals surface area (Å²) in [6, 6.07) is 8.65. The molecule has 1 N–H and O–H groups in total. The monoisotopic (exact) mass is 463 g/mol. The molecule has 1 aliphatic heterocycles. The molecular weight excluding hydrogens is 447 g/mol. The summed E-state index contributed by atoms with van der Waals surface area (Å²) in [4.78, 5) is 21.5. The average Bonchev–Trinajstić information content (AvgIpc) is 3.16. The maximum absolute atomic E-state index is 13.7. The van der Waals surface area contributed by atoms with Gasteiger partial charge in [0.15, 0.2) is 6.61 Å². The molecule has 31 heavy (non-hydrogen) atoms. The van der Waals surface area contributed by atoms with Gasteiger partial charge in [-0.05, 0) is 43.5 Å². The highest BCUT2D eigenvalue weighted by atomic mass is 35.5. The van der Waals surface area contributed by atoms with Gasteiger partial charge in [-0.3, -0.25) is 9.79 Å². The van der Waals surface area contributed by atoms with Crippen molar-refractivity contribution in [3.63, 3.8) is 0 Å². The van der Waals surface area contributed by atoms with E-state index in [0.717, 1.165) is 36.9 Å². The number of rotatable bonds is 6. The molecular formula is C22H17Cl2F2N3O2. The van der Waals surface area contributed by atoms with Crippen molar-refractivity contribution in [2.24, 2.45) is 15.4 Å². The molecule has 3 aliphatic carbocycles. The van der Waals surface area contributed by atoms with E-state index in [1.54, 1.807) is 6.07 Å². The minimum Gasteiger partial charge on any atom is -0.484 e. The fraction of sp³-hybridized carbons (Fsp3) is 0.318. The van der Waals surface area contributed by atoms with Crippen LogP contribution in [0.1, 0.15) is 24.8 Å². The maximum atomic E-state index is 13.7. The molecule has 2 bridgehead atoms. The normalized spacial score (nSPS) is 25.8. The minimum atomic E-state index is -0.598. The van der Waals surface area contributed by atoms with Crippen molar-refractivity contribution in [3.05, 3.63) is 63.6 Å². The second kappa shape index (κ2) is 7.28. The van der Waals surface area contributed by atoms with E-state index in [0.29, 0.717) is 12.1 Å². The molecule has 1 heterocycles. The van der Waals surface area contributed by atoms with Crippen molar-refractivity contribution in [1.82, 2.24) is 5.32 Å². The number of carbonyl (C=O) groups is 1. The first-order valence-electron chi connectivity index (χ1n) is 9.74. The fourth-order valence-corrected chi connectivity index (χ4v) is 4.91. The Morgan fingerprint density at radius 3 is 2.42 bits per heavy atom. The number of benzene rings is 2. The fourth-order valence-electron chi connectivity index (χ4n) is 4.67. The van der Waals surface area contributed by atoms with Crippen molar-refractivity contribution in [3.8, 4) is 5.75 Å². The molecule has 160 valence electrons. The van der Waals surface area contributed by atoms with Crippen molar-refractivity contribution in [2.45, 2.75) is 24.8 Å². The summed E-state index contributed by atoms with van der Waals surface area (Å²) in [5, 5.41) is 3.08. The van der Waals surface area contributed by atoms with Crippen LogP contribution in [0.3, 0.4) is 0 Å². The Morgan fingerprint density at radius 1 is 1.06 bits per heavy atom. The summed E-state index contributed by atoms with van der Waals surface area (Å²) in [5.41, 5.74) is 1.00. The van der Waals surface area contributed by atoms with Crippen LogP contribution in [0.2, 0.25) is 10.0 Å². The van der Waals surface area contributed by atoms with Gasteiger partial charge in [-0.25, -0.2) is 13.8 Å². The van der Waals surface area contributed by atoms with Gasteiger partial charge >= 0.3 is 0 Å². The zero-order chi connectivity index (χ0) is 21.8. The number of halogens is 4. The lowest BCUT2D eigenvalue weighted by atomic mass is 9.39. The number of aliphatic imine (C=N–C) groups is 2. The van der Waals surface area contributed by atoms with Crippen LogP contribution >= 0.6 is 23.2 Å². The first kappa shape index (κ1) is 20.4. The Balaban J connectivity index is 1.15. The number of amides is 1. The highest BCUT2D eigenvalue weighted by Crippen LogP contribution is 2.68. The van der Waals surface area contributed by atoms with E-state index >= 15 is 0 Å². The predicted octanol–water partition coefficient (Wildman–Crippen LogP) is 4.59. The zero-order valence-corrected chi connectivity index (χ0v) is 17.7. The number of amidine groups is 1.